The van der Waals surface area contributed by atoms with Gasteiger partial charge in [-0.15, -0.1) is 5.10 Å². The lowest BCUT2D eigenvalue weighted by Gasteiger charge is -2.22. The molecule has 2 amide bonds. The number of ether oxygens (including phenoxy) is 1. The molecule has 0 bridgehead atoms. The highest BCUT2D eigenvalue weighted by atomic mass is 19.1. The van der Waals surface area contributed by atoms with Crippen LogP contribution in [0.4, 0.5) is 15.1 Å². The number of H-pyrrole nitrogens is 1. The summed E-state index contributed by atoms with van der Waals surface area (Å²) in [6.45, 7) is 6.45. The number of anilines is 1. The second-order valence-corrected chi connectivity index (χ2v) is 6.61. The summed E-state index contributed by atoms with van der Waals surface area (Å²) in [5.41, 5.74) is 4.62. The number of hydrogen-bond donors (Lipinski definition) is 4. The third kappa shape index (κ3) is 9.87. The fourth-order valence-electron chi connectivity index (χ4n) is 1.80. The minimum Gasteiger partial charge on any atom is -0.444 e. The Hall–Kier alpha value is -3.05. The van der Waals surface area contributed by atoms with E-state index in [1.807, 2.05) is 0 Å². The molecule has 1 rings (SSSR count). The van der Waals surface area contributed by atoms with Gasteiger partial charge < -0.3 is 15.8 Å². The van der Waals surface area contributed by atoms with Gasteiger partial charge in [-0.3, -0.25) is 15.1 Å². The van der Waals surface area contributed by atoms with Crippen LogP contribution in [0.25, 0.3) is 0 Å². The molecule has 5 N–H and O–H groups in total. The Bertz CT molecular complexity index is 678. The number of rotatable bonds is 8. The molecule has 0 radical (unpaired) electrons. The lowest BCUT2D eigenvalue weighted by atomic mass is 10.1. The summed E-state index contributed by atoms with van der Waals surface area (Å²) < 4.78 is 18.8. The molecule has 0 spiro atoms. The van der Waals surface area contributed by atoms with E-state index in [0.29, 0.717) is 0 Å². The van der Waals surface area contributed by atoms with E-state index in [9.17, 15) is 14.0 Å². The van der Waals surface area contributed by atoms with Crippen molar-refractivity contribution in [1.29, 1.82) is 0 Å². The Labute approximate surface area is 156 Å². The van der Waals surface area contributed by atoms with Gasteiger partial charge in [0.2, 0.25) is 5.91 Å². The van der Waals surface area contributed by atoms with Crippen LogP contribution in [0, 0.1) is 0 Å². The molecule has 11 nitrogen and oxygen atoms in total. The minimum atomic E-state index is -0.998. The molecule has 0 aliphatic heterocycles. The number of allylic oxidation sites excluding steroid dienone is 1. The molecule has 1 aromatic rings. The Morgan fingerprint density at radius 3 is 2.70 bits per heavy atom. The predicted octanol–water partition coefficient (Wildman–Crippen LogP) is 1.04. The number of aromatic amines is 1. The van der Waals surface area contributed by atoms with Crippen LogP contribution in [0.2, 0.25) is 0 Å². The molecule has 0 aliphatic carbocycles. The lowest BCUT2D eigenvalue weighted by molar-refractivity contribution is -0.118. The lowest BCUT2D eigenvalue weighted by Crippen LogP contribution is -2.45. The smallest absolute Gasteiger partial charge is 0.408 e. The van der Waals surface area contributed by atoms with E-state index >= 15 is 0 Å². The van der Waals surface area contributed by atoms with Gasteiger partial charge in [-0.05, 0) is 45.7 Å². The van der Waals surface area contributed by atoms with Gasteiger partial charge in [0, 0.05) is 0 Å². The van der Waals surface area contributed by atoms with Crippen LogP contribution in [0.3, 0.4) is 0 Å². The van der Waals surface area contributed by atoms with Crippen molar-refractivity contribution in [2.75, 3.05) is 11.9 Å². The maximum absolute atomic E-state index is 13.7. The van der Waals surface area contributed by atoms with Gasteiger partial charge in [0.05, 0.1) is 12.4 Å². The number of alkyl carbamates (subject to hydrolysis) is 1. The van der Waals surface area contributed by atoms with Crippen LogP contribution in [0.5, 0.6) is 0 Å². The number of aromatic nitrogens is 4. The average molecular weight is 384 g/mol. The molecule has 0 saturated heterocycles. The zero-order chi connectivity index (χ0) is 20.4. The third-order valence-corrected chi connectivity index (χ3v) is 2.89. The molecule has 27 heavy (non-hydrogen) atoms. The van der Waals surface area contributed by atoms with E-state index in [4.69, 9.17) is 10.5 Å². The molecule has 12 heteroatoms. The van der Waals surface area contributed by atoms with Gasteiger partial charge in [-0.2, -0.15) is 5.21 Å². The number of nitrogens with zero attached hydrogens (tertiary/aromatic N) is 4. The minimum absolute atomic E-state index is 0.0505. The molecular weight excluding hydrogens is 359 g/mol. The molecule has 0 aliphatic rings. The Morgan fingerprint density at radius 1 is 1.44 bits per heavy atom. The average Bonchev–Trinajstić information content (AvgIpc) is 3.03. The quantitative estimate of drug-likeness (QED) is 0.385. The van der Waals surface area contributed by atoms with Crippen molar-refractivity contribution >= 4 is 23.8 Å². The second-order valence-electron chi connectivity index (χ2n) is 6.61. The SMILES string of the molecule is CC(N)=NCC(F)=CCC[C@H](NC(=O)OC(C)(C)C)C(=O)Nc1nn[nH]n1. The van der Waals surface area contributed by atoms with Crippen molar-refractivity contribution in [3.63, 3.8) is 0 Å². The van der Waals surface area contributed by atoms with Crippen LogP contribution < -0.4 is 16.4 Å². The molecule has 0 unspecified atom stereocenters. The summed E-state index contributed by atoms with van der Waals surface area (Å²) in [5.74, 6) is -0.866. The van der Waals surface area contributed by atoms with Gasteiger partial charge in [0.1, 0.15) is 17.5 Å². The van der Waals surface area contributed by atoms with Crippen LogP contribution in [-0.2, 0) is 9.53 Å². The van der Waals surface area contributed by atoms with Gasteiger partial charge in [-0.25, -0.2) is 9.18 Å². The Balaban J connectivity index is 2.71. The Kier molecular flexibility index (Phi) is 8.30. The zero-order valence-corrected chi connectivity index (χ0v) is 15.7. The Morgan fingerprint density at radius 2 is 2.15 bits per heavy atom. The van der Waals surface area contributed by atoms with Crippen molar-refractivity contribution < 1.29 is 18.7 Å². The van der Waals surface area contributed by atoms with Gasteiger partial charge in [-0.1, -0.05) is 11.2 Å². The number of halogens is 1. The highest BCUT2D eigenvalue weighted by Gasteiger charge is 2.24. The number of amides is 2. The van der Waals surface area contributed by atoms with E-state index in [1.165, 1.54) is 6.08 Å². The second kappa shape index (κ2) is 10.2. The first-order chi connectivity index (χ1) is 12.6. The highest BCUT2D eigenvalue weighted by molar-refractivity contribution is 5.95. The molecule has 1 heterocycles. The number of nitrogens with two attached hydrogens (primary N) is 1. The first-order valence-electron chi connectivity index (χ1n) is 8.21. The summed E-state index contributed by atoms with van der Waals surface area (Å²) >= 11 is 0. The topological polar surface area (TPSA) is 160 Å². The number of nitrogens with one attached hydrogen (secondary N) is 3. The van der Waals surface area contributed by atoms with Crippen LogP contribution in [0.1, 0.15) is 40.5 Å². The fraction of sp³-hybridized carbons (Fsp3) is 0.600. The molecule has 0 fully saturated rings. The van der Waals surface area contributed by atoms with Crippen molar-refractivity contribution in [2.45, 2.75) is 52.2 Å². The molecule has 0 saturated carbocycles. The van der Waals surface area contributed by atoms with Crippen molar-refractivity contribution in [3.8, 4) is 0 Å². The standard InChI is InChI=1S/C15H25FN8O3/c1-9(17)18-8-10(16)6-5-7-11(19-14(26)27-15(2,3)4)12(25)20-13-21-23-24-22-13/h6,11H,5,7-8H2,1-4H3,(H2,17,18)(H,19,26)(H2,20,21,22,23,24,25)/t11-/m0/s1. The van der Waals surface area contributed by atoms with Crippen molar-refractivity contribution in [2.24, 2.45) is 10.7 Å². The number of carbonyl (C=O) groups is 2. The summed E-state index contributed by atoms with van der Waals surface area (Å²) in [7, 11) is 0. The molecule has 150 valence electrons. The largest absolute Gasteiger partial charge is 0.444 e. The first kappa shape index (κ1) is 22.0. The first-order valence-corrected chi connectivity index (χ1v) is 8.21. The van der Waals surface area contributed by atoms with E-state index in [1.54, 1.807) is 27.7 Å². The number of amidine groups is 1. The summed E-state index contributed by atoms with van der Waals surface area (Å²) in [4.78, 5) is 28.1. The molecule has 1 atom stereocenters. The predicted molar refractivity (Wildman–Crippen MR) is 96.6 cm³/mol. The highest BCUT2D eigenvalue weighted by Crippen LogP contribution is 2.10. The monoisotopic (exact) mass is 384 g/mol. The molecular formula is C15H25FN8O3. The number of hydrogen-bond acceptors (Lipinski definition) is 7. The number of aliphatic imine (C=N–C) groups is 1. The number of tetrazole rings is 1. The zero-order valence-electron chi connectivity index (χ0n) is 15.7. The van der Waals surface area contributed by atoms with Gasteiger partial charge in [0.25, 0.3) is 5.95 Å². The normalized spacial score (nSPS) is 13.8. The summed E-state index contributed by atoms with van der Waals surface area (Å²) in [6, 6.07) is -0.998. The van der Waals surface area contributed by atoms with E-state index in [0.717, 1.165) is 0 Å². The van der Waals surface area contributed by atoms with Crippen LogP contribution >= 0.6 is 0 Å². The van der Waals surface area contributed by atoms with Crippen molar-refractivity contribution in [3.05, 3.63) is 11.9 Å². The summed E-state index contributed by atoms with van der Waals surface area (Å²) in [5, 5.41) is 17.6. The maximum atomic E-state index is 13.7. The summed E-state index contributed by atoms with van der Waals surface area (Å²) in [6.07, 6.45) is 0.786. The van der Waals surface area contributed by atoms with Crippen LogP contribution in [0.15, 0.2) is 16.9 Å². The van der Waals surface area contributed by atoms with Gasteiger partial charge in [0.15, 0.2) is 0 Å². The molecule has 0 aromatic carbocycles. The van der Waals surface area contributed by atoms with Gasteiger partial charge >= 0.3 is 6.09 Å². The third-order valence-electron chi connectivity index (χ3n) is 2.89. The number of carbonyl (C=O) groups excluding carboxylic acids is 2. The fourth-order valence-corrected chi connectivity index (χ4v) is 1.80. The van der Waals surface area contributed by atoms with E-state index in [2.05, 4.69) is 36.3 Å². The molecule has 1 aromatic heterocycles. The maximum Gasteiger partial charge on any atom is 0.408 e. The van der Waals surface area contributed by atoms with Crippen molar-refractivity contribution in [1.82, 2.24) is 25.9 Å². The van der Waals surface area contributed by atoms with E-state index < -0.39 is 29.5 Å². The van der Waals surface area contributed by atoms with Crippen LogP contribution in [-0.4, -0.2) is 56.6 Å². The van der Waals surface area contributed by atoms with E-state index in [-0.39, 0.29) is 31.2 Å².